The Hall–Kier alpha value is -14.5. The molecule has 0 saturated heterocycles. The Kier molecular flexibility index (Phi) is 17.0. The maximum absolute atomic E-state index is 7.32. The van der Waals surface area contributed by atoms with Gasteiger partial charge in [-0.15, -0.1) is 0 Å². The monoisotopic (exact) mass is 1630 g/mol. The number of anilines is 6. The lowest BCUT2D eigenvalue weighted by atomic mass is 9.67. The van der Waals surface area contributed by atoms with E-state index in [4.69, 9.17) is 8.83 Å². The molecule has 0 aliphatic heterocycles. The van der Waals surface area contributed by atoms with E-state index in [-0.39, 0.29) is 21.7 Å². The normalized spacial score (nSPS) is 13.7. The van der Waals surface area contributed by atoms with Crippen LogP contribution in [0.2, 0.25) is 0 Å². The van der Waals surface area contributed by atoms with Crippen molar-refractivity contribution in [1.29, 1.82) is 0 Å². The van der Waals surface area contributed by atoms with Crippen LogP contribution >= 0.6 is 0 Å². The predicted molar refractivity (Wildman–Crippen MR) is 528 cm³/mol. The molecule has 0 atom stereocenters. The largest absolute Gasteiger partial charge is 0.456 e. The minimum atomic E-state index is -0.630. The topological polar surface area (TPSA) is 42.6 Å². The van der Waals surface area contributed by atoms with E-state index in [1.165, 1.54) is 133 Å². The van der Waals surface area contributed by atoms with E-state index < -0.39 is 10.8 Å². The molecule has 0 bridgehead atoms. The van der Waals surface area contributed by atoms with Crippen LogP contribution in [-0.4, -0.2) is 9.13 Å². The molecule has 0 radical (unpaired) electrons. The second-order valence-electron chi connectivity index (χ2n) is 39.2. The maximum atomic E-state index is 7.32. The van der Waals surface area contributed by atoms with Gasteiger partial charge in [0.15, 0.2) is 0 Å². The van der Waals surface area contributed by atoms with Gasteiger partial charge in [0.1, 0.15) is 22.3 Å². The number of furan rings is 2. The van der Waals surface area contributed by atoms with Crippen LogP contribution in [0.3, 0.4) is 0 Å². The number of nitrogens with zero attached hydrogens (tertiary/aromatic N) is 4. The van der Waals surface area contributed by atoms with Crippen LogP contribution in [0.1, 0.15) is 150 Å². The van der Waals surface area contributed by atoms with Gasteiger partial charge in [-0.1, -0.05) is 301 Å². The van der Waals surface area contributed by atoms with E-state index in [0.29, 0.717) is 0 Å². The number of fused-ring (bicyclic) bond motifs is 18. The maximum Gasteiger partial charge on any atom is 0.137 e. The molecule has 23 rings (SSSR count). The number of hydrogen-bond donors (Lipinski definition) is 0. The minimum absolute atomic E-state index is 0.0415. The van der Waals surface area contributed by atoms with Crippen molar-refractivity contribution in [3.8, 4) is 33.6 Å². The van der Waals surface area contributed by atoms with Crippen LogP contribution in [0.25, 0.3) is 121 Å². The van der Waals surface area contributed by atoms with Gasteiger partial charge in [0.25, 0.3) is 0 Å². The zero-order valence-electron chi connectivity index (χ0n) is 73.4. The van der Waals surface area contributed by atoms with Gasteiger partial charge in [-0.25, -0.2) is 0 Å². The average Bonchev–Trinajstić information content (AvgIpc) is 1.54. The molecule has 2 aliphatic rings. The molecule has 2 aliphatic carbocycles. The van der Waals surface area contributed by atoms with Crippen molar-refractivity contribution in [3.05, 3.63) is 443 Å². The van der Waals surface area contributed by atoms with Crippen molar-refractivity contribution in [2.45, 2.75) is 116 Å². The molecule has 610 valence electrons. The van der Waals surface area contributed by atoms with E-state index in [0.717, 1.165) is 89.4 Å². The fraction of sp³-hybridized carbons (Fsp3) is 0.150. The zero-order valence-corrected chi connectivity index (χ0v) is 73.4. The van der Waals surface area contributed by atoms with Crippen molar-refractivity contribution in [3.63, 3.8) is 0 Å². The fourth-order valence-electron chi connectivity index (χ4n) is 21.3. The van der Waals surface area contributed by atoms with Crippen molar-refractivity contribution < 1.29 is 8.83 Å². The van der Waals surface area contributed by atoms with Gasteiger partial charge in [0.2, 0.25) is 0 Å². The number of benzene rings is 17. The summed E-state index contributed by atoms with van der Waals surface area (Å²) < 4.78 is 19.6. The lowest BCUT2D eigenvalue weighted by molar-refractivity contribution is 0.590. The molecule has 126 heavy (non-hydrogen) atoms. The van der Waals surface area contributed by atoms with Gasteiger partial charge in [-0.05, 0) is 256 Å². The van der Waals surface area contributed by atoms with E-state index >= 15 is 0 Å². The van der Waals surface area contributed by atoms with Gasteiger partial charge in [-0.3, -0.25) is 0 Å². The summed E-state index contributed by atoms with van der Waals surface area (Å²) >= 11 is 0. The van der Waals surface area contributed by atoms with Crippen LogP contribution in [-0.2, 0) is 32.5 Å². The van der Waals surface area contributed by atoms with Crippen molar-refractivity contribution >= 4 is 122 Å². The molecule has 0 unspecified atom stereocenters. The third kappa shape index (κ3) is 11.7. The Balaban J connectivity index is 0.693. The summed E-state index contributed by atoms with van der Waals surface area (Å²) in [6.45, 7) is 27.7. The first-order valence-electron chi connectivity index (χ1n) is 44.5. The van der Waals surface area contributed by atoms with Gasteiger partial charge in [-0.2, -0.15) is 0 Å². The minimum Gasteiger partial charge on any atom is -0.456 e. The van der Waals surface area contributed by atoms with E-state index in [1.807, 2.05) is 0 Å². The molecule has 0 spiro atoms. The number of hydrogen-bond acceptors (Lipinski definition) is 4. The van der Waals surface area contributed by atoms with Crippen LogP contribution in [0.5, 0.6) is 0 Å². The van der Waals surface area contributed by atoms with Crippen molar-refractivity contribution in [1.82, 2.24) is 9.13 Å². The number of aromatic nitrogens is 2. The molecule has 6 nitrogen and oxygen atoms in total. The van der Waals surface area contributed by atoms with Gasteiger partial charge in [0.05, 0.1) is 32.9 Å². The molecule has 0 fully saturated rings. The summed E-state index contributed by atoms with van der Waals surface area (Å²) in [6.07, 6.45) is 0. The highest BCUT2D eigenvalue weighted by atomic mass is 16.3. The lowest BCUT2D eigenvalue weighted by Crippen LogP contribution is -2.28. The predicted octanol–water partition coefficient (Wildman–Crippen LogP) is 32.5. The van der Waals surface area contributed by atoms with Gasteiger partial charge in [0, 0.05) is 101 Å². The summed E-state index contributed by atoms with van der Waals surface area (Å²) in [5, 5.41) is 8.95. The molecule has 6 heteroatoms. The fourth-order valence-corrected chi connectivity index (χ4v) is 21.3. The molecule has 0 saturated carbocycles. The molecule has 4 aromatic heterocycles. The summed E-state index contributed by atoms with van der Waals surface area (Å²) in [7, 11) is 0. The first-order chi connectivity index (χ1) is 61.0. The second kappa shape index (κ2) is 28.0. The molecular formula is C120H98N4O2. The Bertz CT molecular complexity index is 7310. The van der Waals surface area contributed by atoms with E-state index in [2.05, 4.69) is 478 Å². The SMILES string of the molecule is CC(C)(C)c1ccc2c(c1)c1cc(C(C)(C)C)ccc1n2-c1cccc(N(c2ccc3c(c2)C(c2ccccc2)(c2ccccc2)c2ccccc2-3)c2ccc3c(c2)oc2cc4c(cc23)oc2cc(N(c3cccc(-n5c6ccc(C(C)(C)C)cc6c6cc(C(C)(C)C)ccc65)c3)c3ccc5c(c3)C(c3ccccc3)(c3ccccc3)c3ccccc3-5)ccc24)c1. The standard InChI is InChI=1S/C120H98N4O2/c1-115(2,3)79-47-59-107-97(63-79)98-64-80(116(4,5)6)48-60-108(98)123(107)85-41-29-39-83(67-85)121(87-51-55-93-91-43-25-27-45-103(91)119(105(93)69-87,75-31-17-13-18-32-75)76-33-19-14-20-34-76)89-53-57-95-101-73-114-102(74-113(101)125-111(95)71-89)96-58-54-90(72-112(96)126-114)122(88-52-56-94-92-44-26-28-46-104(92)120(106(94)70-88,77-35-21-15-22-36-77)78-37-23-16-24-38-78)84-40-30-42-86(68-84)124-109-61-49-81(117(7,8)9)65-99(109)100-66-82(118(10,11)12)50-62-110(100)124/h13-74H,1-12H3. The lowest BCUT2D eigenvalue weighted by Gasteiger charge is -2.35. The van der Waals surface area contributed by atoms with E-state index in [9.17, 15) is 0 Å². The first kappa shape index (κ1) is 76.4. The summed E-state index contributed by atoms with van der Waals surface area (Å²) in [5.74, 6) is 0. The van der Waals surface area contributed by atoms with E-state index in [1.54, 1.807) is 0 Å². The Labute approximate surface area is 736 Å². The highest BCUT2D eigenvalue weighted by Gasteiger charge is 2.48. The zero-order chi connectivity index (χ0) is 85.7. The third-order valence-electron chi connectivity index (χ3n) is 27.6. The third-order valence-corrected chi connectivity index (χ3v) is 27.6. The van der Waals surface area contributed by atoms with Crippen LogP contribution < -0.4 is 9.80 Å². The summed E-state index contributed by atoms with van der Waals surface area (Å²) in [6, 6.07) is 142. The second-order valence-corrected chi connectivity index (χ2v) is 39.2. The summed E-state index contributed by atoms with van der Waals surface area (Å²) in [5.41, 5.74) is 34.4. The molecular weight excluding hydrogens is 1530 g/mol. The van der Waals surface area contributed by atoms with Crippen LogP contribution in [0, 0.1) is 0 Å². The molecule has 17 aromatic carbocycles. The summed E-state index contributed by atoms with van der Waals surface area (Å²) in [4.78, 5) is 4.89. The highest BCUT2D eigenvalue weighted by molar-refractivity contribution is 6.17. The van der Waals surface area contributed by atoms with Crippen LogP contribution in [0.15, 0.2) is 385 Å². The first-order valence-corrected chi connectivity index (χ1v) is 44.5. The Morgan fingerprint density at radius 3 is 0.810 bits per heavy atom. The van der Waals surface area contributed by atoms with Gasteiger partial charge < -0.3 is 27.8 Å². The Morgan fingerprint density at radius 2 is 0.484 bits per heavy atom. The molecule has 21 aromatic rings. The van der Waals surface area contributed by atoms with Gasteiger partial charge >= 0.3 is 0 Å². The number of rotatable bonds is 12. The smallest absolute Gasteiger partial charge is 0.137 e. The Morgan fingerprint density at radius 1 is 0.206 bits per heavy atom. The van der Waals surface area contributed by atoms with Crippen LogP contribution in [0.4, 0.5) is 34.1 Å². The molecule has 0 amide bonds. The highest BCUT2D eigenvalue weighted by Crippen LogP contribution is 2.60. The van der Waals surface area contributed by atoms with Crippen molar-refractivity contribution in [2.75, 3.05) is 9.80 Å². The quantitative estimate of drug-likeness (QED) is 0.122. The molecule has 4 heterocycles. The average molecular weight is 1630 g/mol. The molecule has 0 N–H and O–H groups in total. The van der Waals surface area contributed by atoms with Crippen molar-refractivity contribution in [2.24, 2.45) is 0 Å².